The predicted molar refractivity (Wildman–Crippen MR) is 206 cm³/mol. The molecule has 0 bridgehead atoms. The van der Waals surface area contributed by atoms with Crippen molar-refractivity contribution >= 4 is 21.8 Å². The smallest absolute Gasteiger partial charge is 0.321 e. The lowest BCUT2D eigenvalue weighted by atomic mass is 9.32. The van der Waals surface area contributed by atoms with Crippen LogP contribution in [0.1, 0.15) is 132 Å². The van der Waals surface area contributed by atoms with E-state index in [-0.39, 0.29) is 46.0 Å². The van der Waals surface area contributed by atoms with Crippen molar-refractivity contribution in [3.05, 3.63) is 11.6 Å². The molecule has 7 rings (SSSR count). The predicted octanol–water partition coefficient (Wildman–Crippen LogP) is 7.68. The van der Waals surface area contributed by atoms with E-state index in [4.69, 9.17) is 0 Å². The lowest BCUT2D eigenvalue weighted by molar-refractivity contribution is -0.223. The summed E-state index contributed by atoms with van der Waals surface area (Å²) < 4.78 is 24.1. The van der Waals surface area contributed by atoms with Crippen molar-refractivity contribution < 1.29 is 28.2 Å². The molecule has 0 aromatic carbocycles. The molecule has 0 aromatic rings. The number of nitrogens with one attached hydrogen (secondary N) is 1. The summed E-state index contributed by atoms with van der Waals surface area (Å²) in [4.78, 5) is 26.5. The van der Waals surface area contributed by atoms with Crippen molar-refractivity contribution in [3.63, 3.8) is 0 Å². The Hall–Kier alpha value is -1.45. The average Bonchev–Trinajstić information content (AvgIpc) is 3.45. The van der Waals surface area contributed by atoms with Gasteiger partial charge in [0.2, 0.25) is 0 Å². The SMILES string of the molecule is CC(C)[C@@H]1CC[C@]2(NCCN3CCS(=O)(=O)CC3)CC[C@]3(C)[C@H](CC[C@@H]4[C@@]5(C)CC=C(C6CCC(C(=O)O)(C(=O)O)CC6)C(C)(C)[C@@H]5CC[C@]43C)[C@@H]12. The number of carbonyl (C=O) groups is 2. The van der Waals surface area contributed by atoms with Gasteiger partial charge in [0.1, 0.15) is 0 Å². The normalized spacial score (nSPS) is 44.2. The van der Waals surface area contributed by atoms with Gasteiger partial charge in [0, 0.05) is 31.7 Å². The van der Waals surface area contributed by atoms with Crippen molar-refractivity contribution in [2.45, 2.75) is 137 Å². The van der Waals surface area contributed by atoms with Crippen molar-refractivity contribution in [2.75, 3.05) is 37.7 Å². The Morgan fingerprint density at radius 1 is 0.827 bits per heavy atom. The fraction of sp³-hybridized carbons (Fsp3) is 0.907. The minimum absolute atomic E-state index is 0.00156. The molecule has 3 N–H and O–H groups in total. The van der Waals surface area contributed by atoms with Crippen molar-refractivity contribution in [1.82, 2.24) is 10.2 Å². The summed E-state index contributed by atoms with van der Waals surface area (Å²) in [6.45, 7) is 21.1. The first-order valence-electron chi connectivity index (χ1n) is 21.1. The van der Waals surface area contributed by atoms with Gasteiger partial charge >= 0.3 is 11.9 Å². The third kappa shape index (κ3) is 5.72. The lowest BCUT2D eigenvalue weighted by Crippen LogP contribution is -2.68. The molecule has 6 fully saturated rings. The number of carboxylic acid groups (broad SMARTS) is 2. The molecule has 0 aromatic heterocycles. The maximum absolute atomic E-state index is 12.1. The first-order chi connectivity index (χ1) is 24.3. The van der Waals surface area contributed by atoms with E-state index in [1.165, 1.54) is 56.9 Å². The van der Waals surface area contributed by atoms with Gasteiger partial charge in [-0.25, -0.2) is 8.42 Å². The van der Waals surface area contributed by atoms with Crippen LogP contribution in [0.15, 0.2) is 11.6 Å². The highest BCUT2D eigenvalue weighted by atomic mass is 32.2. The molecule has 9 heteroatoms. The summed E-state index contributed by atoms with van der Waals surface area (Å²) in [6.07, 6.45) is 15.6. The number of hydrogen-bond donors (Lipinski definition) is 3. The van der Waals surface area contributed by atoms with E-state index in [0.29, 0.717) is 67.0 Å². The number of sulfone groups is 1. The molecule has 9 atom stereocenters. The highest BCUT2D eigenvalue weighted by Crippen LogP contribution is 2.76. The second-order valence-electron chi connectivity index (χ2n) is 20.8. The molecule has 0 amide bonds. The standard InChI is InChI=1S/C43H70N2O6S/c1-28(2)30-12-19-43(44-22-23-45-24-26-52(50,51)27-25-45)21-20-40(6)32(35(30)43)8-9-34-39(5)15-13-31(38(3,4)33(39)14-16-41(34,40)7)29-10-17-42(18-11-29,36(46)47)37(48)49/h13,28-30,32-35,44H,8-12,14-27H2,1-7H3,(H,46,47)(H,48,49)/t30-,32+,33-,34+,35+,39-,40+,41+,43-/m0/s1. The Bertz CT molecular complexity index is 1530. The number of fused-ring (bicyclic) bond motifs is 7. The third-order valence-electron chi connectivity index (χ3n) is 18.4. The Labute approximate surface area is 314 Å². The number of hydrogen-bond acceptors (Lipinski definition) is 6. The Morgan fingerprint density at radius 3 is 2.10 bits per heavy atom. The van der Waals surface area contributed by atoms with Crippen LogP contribution in [0.25, 0.3) is 0 Å². The molecule has 1 saturated heterocycles. The maximum atomic E-state index is 12.1. The van der Waals surface area contributed by atoms with E-state index >= 15 is 0 Å². The van der Waals surface area contributed by atoms with Gasteiger partial charge in [-0.3, -0.25) is 9.59 Å². The number of carboxylic acids is 2. The molecule has 0 unspecified atom stereocenters. The minimum Gasteiger partial charge on any atom is -0.480 e. The lowest BCUT2D eigenvalue weighted by Gasteiger charge is -2.72. The molecule has 0 spiro atoms. The zero-order valence-corrected chi connectivity index (χ0v) is 34.3. The van der Waals surface area contributed by atoms with Crippen molar-refractivity contribution in [3.8, 4) is 0 Å². The molecule has 52 heavy (non-hydrogen) atoms. The third-order valence-corrected chi connectivity index (χ3v) is 20.0. The van der Waals surface area contributed by atoms with Crippen LogP contribution in [-0.2, 0) is 19.4 Å². The molecule has 1 heterocycles. The monoisotopic (exact) mass is 742 g/mol. The molecule has 6 aliphatic carbocycles. The van der Waals surface area contributed by atoms with E-state index in [2.05, 4.69) is 64.8 Å². The van der Waals surface area contributed by atoms with Crippen molar-refractivity contribution in [2.24, 2.45) is 68.5 Å². The van der Waals surface area contributed by atoms with Crippen LogP contribution in [0.4, 0.5) is 0 Å². The molecule has 0 radical (unpaired) electrons. The summed E-state index contributed by atoms with van der Waals surface area (Å²) in [5.74, 6) is 2.52. The van der Waals surface area contributed by atoms with Crippen LogP contribution in [0.5, 0.6) is 0 Å². The number of rotatable bonds is 8. The topological polar surface area (TPSA) is 124 Å². The second-order valence-corrected chi connectivity index (χ2v) is 23.1. The quantitative estimate of drug-likeness (QED) is 0.171. The summed E-state index contributed by atoms with van der Waals surface area (Å²) in [5.41, 5.74) is 0.795. The molecular formula is C43H70N2O6S. The molecule has 1 aliphatic heterocycles. The average molecular weight is 743 g/mol. The maximum Gasteiger partial charge on any atom is 0.321 e. The molecule has 7 aliphatic rings. The van der Waals surface area contributed by atoms with Gasteiger partial charge in [0.05, 0.1) is 11.5 Å². The van der Waals surface area contributed by atoms with Gasteiger partial charge in [-0.1, -0.05) is 60.1 Å². The fourth-order valence-electron chi connectivity index (χ4n) is 15.4. The molecular weight excluding hydrogens is 673 g/mol. The highest BCUT2D eigenvalue weighted by molar-refractivity contribution is 7.91. The Morgan fingerprint density at radius 2 is 1.48 bits per heavy atom. The van der Waals surface area contributed by atoms with Crippen LogP contribution in [-0.4, -0.2) is 78.7 Å². The van der Waals surface area contributed by atoms with Crippen LogP contribution < -0.4 is 5.32 Å². The number of nitrogens with zero attached hydrogens (tertiary/aromatic N) is 1. The van der Waals surface area contributed by atoms with Crippen LogP contribution in [0.3, 0.4) is 0 Å². The van der Waals surface area contributed by atoms with Gasteiger partial charge in [-0.2, -0.15) is 0 Å². The van der Waals surface area contributed by atoms with Crippen molar-refractivity contribution in [1.29, 1.82) is 0 Å². The van der Waals surface area contributed by atoms with E-state index in [1.807, 2.05) is 0 Å². The first-order valence-corrected chi connectivity index (χ1v) is 22.9. The second kappa shape index (κ2) is 13.1. The fourth-order valence-corrected chi connectivity index (χ4v) is 16.7. The van der Waals surface area contributed by atoms with Gasteiger partial charge < -0.3 is 20.4 Å². The zero-order chi connectivity index (χ0) is 37.7. The van der Waals surface area contributed by atoms with Gasteiger partial charge in [0.15, 0.2) is 15.3 Å². The highest BCUT2D eigenvalue weighted by Gasteiger charge is 2.70. The summed E-state index contributed by atoms with van der Waals surface area (Å²) in [7, 11) is -2.87. The number of allylic oxidation sites excluding steroid dienone is 2. The molecule has 294 valence electrons. The van der Waals surface area contributed by atoms with Gasteiger partial charge in [-0.05, 0) is 147 Å². The molecule has 5 saturated carbocycles. The largest absolute Gasteiger partial charge is 0.480 e. The molecule has 8 nitrogen and oxygen atoms in total. The first kappa shape index (κ1) is 38.8. The van der Waals surface area contributed by atoms with Crippen LogP contribution in [0.2, 0.25) is 0 Å². The van der Waals surface area contributed by atoms with Crippen LogP contribution in [0, 0.1) is 68.5 Å². The zero-order valence-electron chi connectivity index (χ0n) is 33.4. The summed E-state index contributed by atoms with van der Waals surface area (Å²) in [5, 5.41) is 24.0. The minimum atomic E-state index is -2.87. The Kier molecular flexibility index (Phi) is 9.75. The van der Waals surface area contributed by atoms with Gasteiger partial charge in [0.25, 0.3) is 0 Å². The van der Waals surface area contributed by atoms with E-state index in [9.17, 15) is 28.2 Å². The van der Waals surface area contributed by atoms with Crippen LogP contribution >= 0.6 is 0 Å². The van der Waals surface area contributed by atoms with E-state index in [0.717, 1.165) is 25.4 Å². The summed E-state index contributed by atoms with van der Waals surface area (Å²) in [6, 6.07) is 0. The van der Waals surface area contributed by atoms with Gasteiger partial charge in [-0.15, -0.1) is 0 Å². The van der Waals surface area contributed by atoms with E-state index < -0.39 is 27.2 Å². The van der Waals surface area contributed by atoms with E-state index in [1.54, 1.807) is 0 Å². The number of aliphatic carboxylic acids is 2. The summed E-state index contributed by atoms with van der Waals surface area (Å²) >= 11 is 0. The Balaban J connectivity index is 1.11.